The van der Waals surface area contributed by atoms with Crippen molar-refractivity contribution in [3.05, 3.63) is 71.0 Å². The van der Waals surface area contributed by atoms with Gasteiger partial charge in [0.15, 0.2) is 0 Å². The highest BCUT2D eigenvalue weighted by molar-refractivity contribution is 7.18. The predicted octanol–water partition coefficient (Wildman–Crippen LogP) is 2.38. The molecule has 0 atom stereocenters. The maximum atomic E-state index is 13.2. The van der Waals surface area contributed by atoms with Crippen molar-refractivity contribution >= 4 is 33.5 Å². The van der Waals surface area contributed by atoms with E-state index in [2.05, 4.69) is 6.07 Å². The van der Waals surface area contributed by atoms with Gasteiger partial charge in [0.1, 0.15) is 17.4 Å². The maximum Gasteiger partial charge on any atom is 0.246 e. The molecule has 1 aromatic heterocycles. The van der Waals surface area contributed by atoms with E-state index in [-0.39, 0.29) is 11.7 Å². The summed E-state index contributed by atoms with van der Waals surface area (Å²) >= 11 is 1.75. The van der Waals surface area contributed by atoms with E-state index < -0.39 is 0 Å². The quantitative estimate of drug-likeness (QED) is 0.704. The van der Waals surface area contributed by atoms with Crippen molar-refractivity contribution in [2.75, 3.05) is 26.2 Å². The Morgan fingerprint density at radius 3 is 2.78 bits per heavy atom. The first-order valence-corrected chi connectivity index (χ1v) is 9.89. The molecule has 27 heavy (non-hydrogen) atoms. The third-order valence-corrected chi connectivity index (χ3v) is 5.83. The van der Waals surface area contributed by atoms with Crippen molar-refractivity contribution in [1.29, 1.82) is 0 Å². The number of aromatic nitrogens is 1. The summed E-state index contributed by atoms with van der Waals surface area (Å²) in [5, 5.41) is 1.15. The zero-order chi connectivity index (χ0) is 18.6. The fourth-order valence-electron chi connectivity index (χ4n) is 3.31. The number of nitrogens with zero attached hydrogens (tertiary/aromatic N) is 2. The topological polar surface area (TPSA) is 37.6 Å². The fourth-order valence-corrected chi connectivity index (χ4v) is 4.35. The van der Waals surface area contributed by atoms with Gasteiger partial charge in [0, 0.05) is 6.08 Å². The summed E-state index contributed by atoms with van der Waals surface area (Å²) in [6, 6.07) is 14.5. The number of thiazole rings is 1. The number of nitrogens with one attached hydrogen (secondary N) is 1. The summed E-state index contributed by atoms with van der Waals surface area (Å²) in [6.07, 6.45) is 3.21. The number of para-hydroxylation sites is 1. The van der Waals surface area contributed by atoms with Gasteiger partial charge in [-0.25, -0.2) is 9.37 Å². The number of carbonyl (C=O) groups is 1. The Bertz CT molecular complexity index is 943. The number of hydrogen-bond donors (Lipinski definition) is 1. The molecule has 0 bridgehead atoms. The van der Waals surface area contributed by atoms with Crippen LogP contribution in [0.15, 0.2) is 54.6 Å². The van der Waals surface area contributed by atoms with Crippen molar-refractivity contribution in [3.63, 3.8) is 0 Å². The van der Waals surface area contributed by atoms with Gasteiger partial charge in [-0.2, -0.15) is 0 Å². The summed E-state index contributed by atoms with van der Waals surface area (Å²) in [4.78, 5) is 20.4. The molecule has 6 heteroatoms. The Labute approximate surface area is 161 Å². The van der Waals surface area contributed by atoms with E-state index in [0.717, 1.165) is 43.2 Å². The summed E-state index contributed by atoms with van der Waals surface area (Å²) in [5.74, 6) is -0.310. The smallest absolute Gasteiger partial charge is 0.246 e. The maximum absolute atomic E-state index is 13.2. The molecule has 1 aliphatic heterocycles. The molecule has 1 N–H and O–H groups in total. The molecule has 2 heterocycles. The van der Waals surface area contributed by atoms with Gasteiger partial charge in [-0.15, -0.1) is 11.3 Å². The zero-order valence-electron chi connectivity index (χ0n) is 14.9. The van der Waals surface area contributed by atoms with E-state index in [1.165, 1.54) is 27.8 Å². The predicted molar refractivity (Wildman–Crippen MR) is 106 cm³/mol. The number of fused-ring (bicyclic) bond motifs is 1. The standard InChI is InChI=1S/C21H20FN3OS/c22-17-5-3-4-16(14-17)8-9-21(26)25-12-10-24(11-13-25)15-20-23-18-6-1-2-7-19(18)27-20/h1-9,14H,10-13,15H2/p+1/b9-8+. The number of rotatable bonds is 4. The van der Waals surface area contributed by atoms with Crippen molar-refractivity contribution in [3.8, 4) is 0 Å². The highest BCUT2D eigenvalue weighted by Crippen LogP contribution is 2.20. The fraction of sp³-hybridized carbons (Fsp3) is 0.238. The zero-order valence-corrected chi connectivity index (χ0v) is 15.7. The average molecular weight is 382 g/mol. The SMILES string of the molecule is O=C(/C=C/c1cccc(F)c1)N1CC[NH+](Cc2nc3ccccc3s2)CC1. The van der Waals surface area contributed by atoms with Crippen LogP contribution in [-0.4, -0.2) is 42.0 Å². The second-order valence-corrected chi connectivity index (χ2v) is 7.83. The van der Waals surface area contributed by atoms with Crippen LogP contribution in [0.1, 0.15) is 10.6 Å². The van der Waals surface area contributed by atoms with Gasteiger partial charge < -0.3 is 9.80 Å². The molecule has 0 unspecified atom stereocenters. The normalized spacial score (nSPS) is 15.7. The summed E-state index contributed by atoms with van der Waals surface area (Å²) < 4.78 is 14.4. The molecule has 3 aromatic rings. The van der Waals surface area contributed by atoms with Gasteiger partial charge in [-0.1, -0.05) is 24.3 Å². The van der Waals surface area contributed by atoms with E-state index in [4.69, 9.17) is 4.98 Å². The third-order valence-electron chi connectivity index (χ3n) is 4.79. The lowest BCUT2D eigenvalue weighted by Crippen LogP contribution is -3.13. The lowest BCUT2D eigenvalue weighted by atomic mass is 10.2. The highest BCUT2D eigenvalue weighted by Gasteiger charge is 2.23. The summed E-state index contributed by atoms with van der Waals surface area (Å²) in [5.41, 5.74) is 1.76. The van der Waals surface area contributed by atoms with Crippen molar-refractivity contribution in [1.82, 2.24) is 9.88 Å². The largest absolute Gasteiger partial charge is 0.328 e. The summed E-state index contributed by atoms with van der Waals surface area (Å²) in [6.45, 7) is 4.19. The molecule has 2 aromatic carbocycles. The first kappa shape index (κ1) is 17.8. The molecular formula is C21H21FN3OS+. The molecule has 138 valence electrons. The molecule has 1 amide bonds. The molecule has 0 radical (unpaired) electrons. The van der Waals surface area contributed by atoms with Gasteiger partial charge in [0.25, 0.3) is 0 Å². The van der Waals surface area contributed by atoms with Crippen molar-refractivity contribution < 1.29 is 14.1 Å². The molecule has 1 fully saturated rings. The first-order chi connectivity index (χ1) is 13.2. The van der Waals surface area contributed by atoms with Gasteiger partial charge in [0.2, 0.25) is 5.91 Å². The van der Waals surface area contributed by atoms with Crippen LogP contribution in [0.25, 0.3) is 16.3 Å². The number of hydrogen-bond acceptors (Lipinski definition) is 3. The van der Waals surface area contributed by atoms with E-state index in [0.29, 0.717) is 5.56 Å². The number of quaternary nitrogens is 1. The van der Waals surface area contributed by atoms with Crippen LogP contribution in [0.4, 0.5) is 4.39 Å². The molecule has 4 nitrogen and oxygen atoms in total. The first-order valence-electron chi connectivity index (χ1n) is 9.08. The van der Waals surface area contributed by atoms with Crippen LogP contribution in [0, 0.1) is 5.82 Å². The van der Waals surface area contributed by atoms with E-state index in [9.17, 15) is 9.18 Å². The number of piperazine rings is 1. The van der Waals surface area contributed by atoms with Gasteiger partial charge >= 0.3 is 0 Å². The van der Waals surface area contributed by atoms with Crippen LogP contribution in [0.2, 0.25) is 0 Å². The Kier molecular flexibility index (Phi) is 5.27. The second-order valence-electron chi connectivity index (χ2n) is 6.72. The molecule has 4 rings (SSSR count). The van der Waals surface area contributed by atoms with Gasteiger partial charge in [-0.05, 0) is 35.9 Å². The molecule has 1 saturated heterocycles. The Hall–Kier alpha value is -2.57. The molecule has 1 aliphatic rings. The van der Waals surface area contributed by atoms with E-state index in [1.54, 1.807) is 29.5 Å². The highest BCUT2D eigenvalue weighted by atomic mass is 32.1. The van der Waals surface area contributed by atoms with Crippen LogP contribution in [0.5, 0.6) is 0 Å². The van der Waals surface area contributed by atoms with Crippen LogP contribution < -0.4 is 4.90 Å². The molecule has 0 saturated carbocycles. The van der Waals surface area contributed by atoms with Crippen LogP contribution in [-0.2, 0) is 11.3 Å². The third kappa shape index (κ3) is 4.40. The van der Waals surface area contributed by atoms with Crippen molar-refractivity contribution in [2.45, 2.75) is 6.54 Å². The molecule has 0 aliphatic carbocycles. The monoisotopic (exact) mass is 382 g/mol. The second kappa shape index (κ2) is 7.98. The minimum atomic E-state index is -0.295. The Morgan fingerprint density at radius 2 is 2.00 bits per heavy atom. The van der Waals surface area contributed by atoms with Gasteiger partial charge in [0.05, 0.1) is 36.4 Å². The lowest BCUT2D eigenvalue weighted by molar-refractivity contribution is -0.917. The van der Waals surface area contributed by atoms with Gasteiger partial charge in [-0.3, -0.25) is 4.79 Å². The van der Waals surface area contributed by atoms with Crippen molar-refractivity contribution in [2.24, 2.45) is 0 Å². The molecular weight excluding hydrogens is 361 g/mol. The number of carbonyl (C=O) groups excluding carboxylic acids is 1. The number of amides is 1. The number of benzene rings is 2. The van der Waals surface area contributed by atoms with E-state index in [1.807, 2.05) is 23.1 Å². The lowest BCUT2D eigenvalue weighted by Gasteiger charge is -2.31. The Morgan fingerprint density at radius 1 is 1.19 bits per heavy atom. The minimum absolute atomic E-state index is 0.0155. The molecule has 0 spiro atoms. The van der Waals surface area contributed by atoms with Crippen LogP contribution in [0.3, 0.4) is 0 Å². The minimum Gasteiger partial charge on any atom is -0.328 e. The Balaban J connectivity index is 1.31. The summed E-state index contributed by atoms with van der Waals surface area (Å²) in [7, 11) is 0. The average Bonchev–Trinajstić information content (AvgIpc) is 3.09. The van der Waals surface area contributed by atoms with Crippen LogP contribution >= 0.6 is 11.3 Å². The number of halogens is 1. The van der Waals surface area contributed by atoms with E-state index >= 15 is 0 Å².